The van der Waals surface area contributed by atoms with Crippen molar-refractivity contribution in [1.82, 2.24) is 0 Å². The van der Waals surface area contributed by atoms with Crippen molar-refractivity contribution in [2.24, 2.45) is 0 Å². The molecule has 0 bridgehead atoms. The van der Waals surface area contributed by atoms with E-state index in [9.17, 15) is 5.11 Å². The number of ether oxygens (including phenoxy) is 3. The lowest BCUT2D eigenvalue weighted by molar-refractivity contribution is -0.135. The van der Waals surface area contributed by atoms with E-state index < -0.39 is 0 Å². The smallest absolute Gasteiger partial charge is 0.160 e. The Hall–Kier alpha value is -0.160. The van der Waals surface area contributed by atoms with Gasteiger partial charge in [-0.2, -0.15) is 0 Å². The van der Waals surface area contributed by atoms with Gasteiger partial charge in [-0.1, -0.05) is 0 Å². The van der Waals surface area contributed by atoms with E-state index in [4.69, 9.17) is 14.2 Å². The summed E-state index contributed by atoms with van der Waals surface area (Å²) in [5, 5.41) is 10.2. The number of hydrogen-bond donors (Lipinski definition) is 0. The molecule has 75 valence electrons. The molecule has 0 saturated carbocycles. The molecule has 0 aromatic heterocycles. The van der Waals surface area contributed by atoms with Crippen molar-refractivity contribution in [2.75, 3.05) is 19.8 Å². The first-order valence-electron chi connectivity index (χ1n) is 4.87. The molecule has 2 saturated heterocycles. The summed E-state index contributed by atoms with van der Waals surface area (Å²) in [5.74, 6) is 0. The molecule has 2 heterocycles. The Labute approximate surface area is 77.8 Å². The second kappa shape index (κ2) is 4.37. The Kier molecular flexibility index (Phi) is 3.16. The molecule has 2 rings (SSSR count). The summed E-state index contributed by atoms with van der Waals surface area (Å²) in [6.07, 6.45) is 2.70. The van der Waals surface area contributed by atoms with Crippen LogP contribution in [0.25, 0.3) is 0 Å². The van der Waals surface area contributed by atoms with E-state index in [-0.39, 0.29) is 25.1 Å². The standard InChI is InChI=1S/C9H15O4/c10-3-1-4-12-9-6-8-7(13-9)2-5-11-8/h7-9H,1-6H2. The van der Waals surface area contributed by atoms with Crippen molar-refractivity contribution in [2.45, 2.75) is 37.8 Å². The predicted octanol–water partition coefficient (Wildman–Crippen LogP) is 0.728. The SMILES string of the molecule is [O]CCCOC1CC2OCCC2O1. The van der Waals surface area contributed by atoms with Crippen LogP contribution in [0.5, 0.6) is 0 Å². The lowest BCUT2D eigenvalue weighted by atomic mass is 10.2. The Morgan fingerprint density at radius 1 is 1.38 bits per heavy atom. The minimum Gasteiger partial charge on any atom is -0.375 e. The molecule has 0 amide bonds. The number of hydrogen-bond acceptors (Lipinski definition) is 3. The summed E-state index contributed by atoms with van der Waals surface area (Å²) >= 11 is 0. The fourth-order valence-corrected chi connectivity index (χ4v) is 1.83. The van der Waals surface area contributed by atoms with E-state index >= 15 is 0 Å². The molecule has 2 aliphatic heterocycles. The van der Waals surface area contributed by atoms with Crippen molar-refractivity contribution in [3.63, 3.8) is 0 Å². The van der Waals surface area contributed by atoms with Crippen LogP contribution in [0.1, 0.15) is 19.3 Å². The van der Waals surface area contributed by atoms with Gasteiger partial charge in [0.05, 0.1) is 25.4 Å². The van der Waals surface area contributed by atoms with Gasteiger partial charge < -0.3 is 14.2 Å². The van der Waals surface area contributed by atoms with E-state index in [2.05, 4.69) is 0 Å². The molecule has 1 radical (unpaired) electrons. The maximum Gasteiger partial charge on any atom is 0.160 e. The average molecular weight is 187 g/mol. The summed E-state index contributed by atoms with van der Waals surface area (Å²) in [6.45, 7) is 1.24. The van der Waals surface area contributed by atoms with Gasteiger partial charge in [0.15, 0.2) is 6.29 Å². The molecule has 2 aliphatic rings. The molecule has 0 aromatic rings. The molecule has 0 spiro atoms. The predicted molar refractivity (Wildman–Crippen MR) is 43.8 cm³/mol. The lowest BCUT2D eigenvalue weighted by Crippen LogP contribution is -2.15. The summed E-state index contributed by atoms with van der Waals surface area (Å²) < 4.78 is 16.4. The van der Waals surface area contributed by atoms with Crippen molar-refractivity contribution in [3.05, 3.63) is 0 Å². The second-order valence-electron chi connectivity index (χ2n) is 3.47. The van der Waals surface area contributed by atoms with Crippen LogP contribution in [0.15, 0.2) is 0 Å². The van der Waals surface area contributed by atoms with Gasteiger partial charge in [0.1, 0.15) is 0 Å². The first kappa shape index (κ1) is 9.40. The van der Waals surface area contributed by atoms with Gasteiger partial charge >= 0.3 is 0 Å². The normalized spacial score (nSPS) is 38.1. The Balaban J connectivity index is 1.67. The molecule has 0 aliphatic carbocycles. The molecule has 2 fully saturated rings. The molecule has 4 heteroatoms. The van der Waals surface area contributed by atoms with Gasteiger partial charge in [0.2, 0.25) is 0 Å². The third kappa shape index (κ3) is 2.20. The quantitative estimate of drug-likeness (QED) is 0.609. The highest BCUT2D eigenvalue weighted by Gasteiger charge is 2.39. The summed E-state index contributed by atoms with van der Waals surface area (Å²) in [7, 11) is 0. The van der Waals surface area contributed by atoms with E-state index in [0.29, 0.717) is 13.0 Å². The zero-order valence-electron chi connectivity index (χ0n) is 7.61. The largest absolute Gasteiger partial charge is 0.375 e. The van der Waals surface area contributed by atoms with E-state index in [1.165, 1.54) is 0 Å². The Bertz CT molecular complexity index is 150. The van der Waals surface area contributed by atoms with Crippen molar-refractivity contribution in [1.29, 1.82) is 0 Å². The van der Waals surface area contributed by atoms with Crippen LogP contribution in [-0.2, 0) is 19.3 Å². The van der Waals surface area contributed by atoms with Crippen LogP contribution in [-0.4, -0.2) is 38.3 Å². The van der Waals surface area contributed by atoms with Gasteiger partial charge in [-0.05, 0) is 12.8 Å². The molecule has 3 unspecified atom stereocenters. The van der Waals surface area contributed by atoms with Gasteiger partial charge in [0, 0.05) is 13.0 Å². The minimum atomic E-state index is -0.137. The monoisotopic (exact) mass is 187 g/mol. The molecule has 3 atom stereocenters. The van der Waals surface area contributed by atoms with Gasteiger partial charge in [-0.15, -0.1) is 0 Å². The van der Waals surface area contributed by atoms with Crippen LogP contribution in [0.3, 0.4) is 0 Å². The number of fused-ring (bicyclic) bond motifs is 1. The van der Waals surface area contributed by atoms with Crippen LogP contribution < -0.4 is 0 Å². The summed E-state index contributed by atoms with van der Waals surface area (Å²) in [5.41, 5.74) is 0. The van der Waals surface area contributed by atoms with Crippen molar-refractivity contribution >= 4 is 0 Å². The first-order valence-corrected chi connectivity index (χ1v) is 4.87. The zero-order chi connectivity index (χ0) is 9.10. The first-order chi connectivity index (χ1) is 6.40. The topological polar surface area (TPSA) is 47.6 Å². The van der Waals surface area contributed by atoms with E-state index in [1.54, 1.807) is 0 Å². The summed E-state index contributed by atoms with van der Waals surface area (Å²) in [4.78, 5) is 0. The van der Waals surface area contributed by atoms with E-state index in [0.717, 1.165) is 19.4 Å². The number of rotatable bonds is 4. The third-order valence-corrected chi connectivity index (χ3v) is 2.49. The van der Waals surface area contributed by atoms with Crippen LogP contribution >= 0.6 is 0 Å². The lowest BCUT2D eigenvalue weighted by Gasteiger charge is -2.11. The molecular formula is C9H15O4. The Morgan fingerprint density at radius 2 is 2.31 bits per heavy atom. The Morgan fingerprint density at radius 3 is 3.08 bits per heavy atom. The van der Waals surface area contributed by atoms with Gasteiger partial charge in [0.25, 0.3) is 0 Å². The maximum absolute atomic E-state index is 10.2. The highest BCUT2D eigenvalue weighted by Crippen LogP contribution is 2.30. The second-order valence-corrected chi connectivity index (χ2v) is 3.47. The molecule has 4 nitrogen and oxygen atoms in total. The highest BCUT2D eigenvalue weighted by atomic mass is 16.7. The van der Waals surface area contributed by atoms with Crippen LogP contribution in [0.2, 0.25) is 0 Å². The van der Waals surface area contributed by atoms with Crippen LogP contribution in [0, 0.1) is 0 Å². The van der Waals surface area contributed by atoms with Gasteiger partial charge in [-0.25, -0.2) is 5.11 Å². The highest BCUT2D eigenvalue weighted by molar-refractivity contribution is 4.83. The third-order valence-electron chi connectivity index (χ3n) is 2.49. The average Bonchev–Trinajstić information content (AvgIpc) is 2.64. The fourth-order valence-electron chi connectivity index (χ4n) is 1.83. The zero-order valence-corrected chi connectivity index (χ0v) is 7.61. The molecular weight excluding hydrogens is 172 g/mol. The molecule has 13 heavy (non-hydrogen) atoms. The van der Waals surface area contributed by atoms with Gasteiger partial charge in [-0.3, -0.25) is 0 Å². The van der Waals surface area contributed by atoms with E-state index in [1.807, 2.05) is 0 Å². The van der Waals surface area contributed by atoms with Crippen molar-refractivity contribution < 1.29 is 19.3 Å². The summed E-state index contributed by atoms with van der Waals surface area (Å²) in [6, 6.07) is 0. The molecule has 0 aromatic carbocycles. The molecule has 0 N–H and O–H groups in total. The van der Waals surface area contributed by atoms with Crippen molar-refractivity contribution in [3.8, 4) is 0 Å². The maximum atomic E-state index is 10.2. The van der Waals surface area contributed by atoms with Crippen LogP contribution in [0.4, 0.5) is 0 Å². The fraction of sp³-hybridized carbons (Fsp3) is 1.00. The minimum absolute atomic E-state index is 0.0733.